The third kappa shape index (κ3) is 4.91. The lowest BCUT2D eigenvalue weighted by molar-refractivity contribution is -0.150. The number of carbonyl (C=O) groups is 1. The Morgan fingerprint density at radius 2 is 2.42 bits per heavy atom. The van der Waals surface area contributed by atoms with E-state index in [-0.39, 0.29) is 0 Å². The lowest BCUT2D eigenvalue weighted by Gasteiger charge is -2.10. The zero-order chi connectivity index (χ0) is 9.40. The number of unbranched alkanes of at least 4 members (excludes halogenated alkanes) is 1. The second-order valence-electron chi connectivity index (χ2n) is 2.59. The summed E-state index contributed by atoms with van der Waals surface area (Å²) in [4.78, 5) is 10.6. The smallest absolute Gasteiger partial charge is 0.332 e. The zero-order valence-corrected chi connectivity index (χ0v) is 7.45. The van der Waals surface area contributed by atoms with Gasteiger partial charge in [0, 0.05) is 0 Å². The molecule has 0 bridgehead atoms. The molecule has 0 aromatic carbocycles. The number of ether oxygens (including phenoxy) is 1. The van der Waals surface area contributed by atoms with Gasteiger partial charge in [0.2, 0.25) is 0 Å². The van der Waals surface area contributed by atoms with E-state index in [1.54, 1.807) is 6.08 Å². The molecule has 0 aliphatic rings. The Morgan fingerprint density at radius 3 is 2.83 bits per heavy atom. The SMILES string of the molecule is C=CCOC(CCCC)C(=O)O. The van der Waals surface area contributed by atoms with Gasteiger partial charge in [0.05, 0.1) is 6.61 Å². The van der Waals surface area contributed by atoms with E-state index >= 15 is 0 Å². The van der Waals surface area contributed by atoms with Gasteiger partial charge in [-0.25, -0.2) is 4.79 Å². The standard InChI is InChI=1S/C9H16O3/c1-3-5-6-8(9(10)11)12-7-4-2/h4,8H,2-3,5-7H2,1H3,(H,10,11). The summed E-state index contributed by atoms with van der Waals surface area (Å²) >= 11 is 0. The summed E-state index contributed by atoms with van der Waals surface area (Å²) in [6, 6.07) is 0. The summed E-state index contributed by atoms with van der Waals surface area (Å²) in [6.07, 6.45) is 3.35. The highest BCUT2D eigenvalue weighted by Gasteiger charge is 2.15. The maximum Gasteiger partial charge on any atom is 0.332 e. The van der Waals surface area contributed by atoms with Crippen molar-refractivity contribution in [2.45, 2.75) is 32.3 Å². The first-order valence-electron chi connectivity index (χ1n) is 4.17. The third-order valence-electron chi connectivity index (χ3n) is 1.51. The number of hydrogen-bond acceptors (Lipinski definition) is 2. The van der Waals surface area contributed by atoms with E-state index in [9.17, 15) is 4.79 Å². The van der Waals surface area contributed by atoms with Crippen molar-refractivity contribution in [1.82, 2.24) is 0 Å². The molecule has 70 valence electrons. The van der Waals surface area contributed by atoms with Crippen LogP contribution in [0, 0.1) is 0 Å². The molecule has 0 saturated carbocycles. The van der Waals surface area contributed by atoms with Crippen molar-refractivity contribution >= 4 is 5.97 Å². The molecule has 3 heteroatoms. The van der Waals surface area contributed by atoms with E-state index in [2.05, 4.69) is 6.58 Å². The normalized spacial score (nSPS) is 12.4. The fourth-order valence-corrected chi connectivity index (χ4v) is 0.852. The quantitative estimate of drug-likeness (QED) is 0.596. The maximum atomic E-state index is 10.6. The predicted molar refractivity (Wildman–Crippen MR) is 47.1 cm³/mol. The molecule has 0 rings (SSSR count). The van der Waals surface area contributed by atoms with Crippen LogP contribution in [0.15, 0.2) is 12.7 Å². The van der Waals surface area contributed by atoms with Gasteiger partial charge in [0.15, 0.2) is 6.10 Å². The average molecular weight is 172 g/mol. The Morgan fingerprint density at radius 1 is 1.75 bits per heavy atom. The molecule has 12 heavy (non-hydrogen) atoms. The second-order valence-corrected chi connectivity index (χ2v) is 2.59. The Labute approximate surface area is 73.0 Å². The van der Waals surface area contributed by atoms with Crippen LogP contribution in [0.5, 0.6) is 0 Å². The van der Waals surface area contributed by atoms with Crippen LogP contribution in [0.3, 0.4) is 0 Å². The fraction of sp³-hybridized carbons (Fsp3) is 0.667. The van der Waals surface area contributed by atoms with Crippen molar-refractivity contribution in [3.8, 4) is 0 Å². The van der Waals surface area contributed by atoms with Crippen LogP contribution in [0.2, 0.25) is 0 Å². The van der Waals surface area contributed by atoms with Crippen molar-refractivity contribution < 1.29 is 14.6 Å². The monoisotopic (exact) mass is 172 g/mol. The van der Waals surface area contributed by atoms with E-state index in [0.717, 1.165) is 12.8 Å². The minimum atomic E-state index is -0.884. The molecule has 0 radical (unpaired) electrons. The van der Waals surface area contributed by atoms with Gasteiger partial charge in [-0.3, -0.25) is 0 Å². The van der Waals surface area contributed by atoms with E-state index in [4.69, 9.17) is 9.84 Å². The van der Waals surface area contributed by atoms with Crippen LogP contribution in [0.4, 0.5) is 0 Å². The number of rotatable bonds is 7. The van der Waals surface area contributed by atoms with Crippen LogP contribution in [-0.2, 0) is 9.53 Å². The number of hydrogen-bond donors (Lipinski definition) is 1. The molecule has 1 atom stereocenters. The van der Waals surface area contributed by atoms with Gasteiger partial charge in [-0.15, -0.1) is 6.58 Å². The van der Waals surface area contributed by atoms with Gasteiger partial charge in [-0.1, -0.05) is 25.8 Å². The molecule has 0 heterocycles. The van der Waals surface area contributed by atoms with Crippen LogP contribution in [0.25, 0.3) is 0 Å². The lowest BCUT2D eigenvalue weighted by atomic mass is 10.1. The highest BCUT2D eigenvalue weighted by molar-refractivity contribution is 5.72. The van der Waals surface area contributed by atoms with Crippen LogP contribution >= 0.6 is 0 Å². The van der Waals surface area contributed by atoms with Crippen LogP contribution < -0.4 is 0 Å². The molecule has 0 aromatic rings. The Bertz CT molecular complexity index is 143. The molecule has 0 spiro atoms. The summed E-state index contributed by atoms with van der Waals surface area (Å²) in [6.45, 7) is 5.78. The van der Waals surface area contributed by atoms with Gasteiger partial charge < -0.3 is 9.84 Å². The molecule has 0 aromatic heterocycles. The first-order valence-corrected chi connectivity index (χ1v) is 4.17. The topological polar surface area (TPSA) is 46.5 Å². The third-order valence-corrected chi connectivity index (χ3v) is 1.51. The van der Waals surface area contributed by atoms with Gasteiger partial charge in [-0.2, -0.15) is 0 Å². The Balaban J connectivity index is 3.69. The molecule has 1 N–H and O–H groups in total. The molecular formula is C9H16O3. The second kappa shape index (κ2) is 6.85. The highest BCUT2D eigenvalue weighted by Crippen LogP contribution is 2.04. The van der Waals surface area contributed by atoms with Crippen molar-refractivity contribution in [1.29, 1.82) is 0 Å². The molecule has 0 amide bonds. The molecule has 0 aliphatic heterocycles. The average Bonchev–Trinajstić information content (AvgIpc) is 2.04. The minimum Gasteiger partial charge on any atom is -0.479 e. The molecule has 3 nitrogen and oxygen atoms in total. The van der Waals surface area contributed by atoms with Gasteiger partial charge in [0.25, 0.3) is 0 Å². The highest BCUT2D eigenvalue weighted by atomic mass is 16.5. The number of aliphatic carboxylic acids is 1. The largest absolute Gasteiger partial charge is 0.479 e. The van der Waals surface area contributed by atoms with E-state index < -0.39 is 12.1 Å². The fourth-order valence-electron chi connectivity index (χ4n) is 0.852. The Hall–Kier alpha value is -0.830. The first kappa shape index (κ1) is 11.2. The van der Waals surface area contributed by atoms with Crippen LogP contribution in [-0.4, -0.2) is 23.8 Å². The molecule has 0 aliphatic carbocycles. The van der Waals surface area contributed by atoms with Crippen LogP contribution in [0.1, 0.15) is 26.2 Å². The van der Waals surface area contributed by atoms with Gasteiger partial charge in [0.1, 0.15) is 0 Å². The minimum absolute atomic E-state index is 0.306. The van der Waals surface area contributed by atoms with Crippen molar-refractivity contribution in [2.24, 2.45) is 0 Å². The molecule has 0 fully saturated rings. The Kier molecular flexibility index (Phi) is 6.38. The van der Waals surface area contributed by atoms with Crippen molar-refractivity contribution in [2.75, 3.05) is 6.61 Å². The lowest BCUT2D eigenvalue weighted by Crippen LogP contribution is -2.23. The number of carboxylic acid groups (broad SMARTS) is 1. The number of carboxylic acids is 1. The summed E-state index contributed by atoms with van der Waals surface area (Å²) in [7, 11) is 0. The van der Waals surface area contributed by atoms with Gasteiger partial charge >= 0.3 is 5.97 Å². The van der Waals surface area contributed by atoms with E-state index in [1.807, 2.05) is 6.92 Å². The van der Waals surface area contributed by atoms with Crippen molar-refractivity contribution in [3.63, 3.8) is 0 Å². The molecular weight excluding hydrogens is 156 g/mol. The summed E-state index contributed by atoms with van der Waals surface area (Å²) < 4.78 is 5.04. The van der Waals surface area contributed by atoms with Crippen molar-refractivity contribution in [3.05, 3.63) is 12.7 Å². The summed E-state index contributed by atoms with van der Waals surface area (Å²) in [5.74, 6) is -0.884. The molecule has 0 saturated heterocycles. The summed E-state index contributed by atoms with van der Waals surface area (Å²) in [5, 5.41) is 8.67. The van der Waals surface area contributed by atoms with E-state index in [0.29, 0.717) is 13.0 Å². The predicted octanol–water partition coefficient (Wildman–Crippen LogP) is 1.83. The maximum absolute atomic E-state index is 10.6. The first-order chi connectivity index (χ1) is 5.72. The zero-order valence-electron chi connectivity index (χ0n) is 7.45. The molecule has 1 unspecified atom stereocenters. The van der Waals surface area contributed by atoms with Gasteiger partial charge in [-0.05, 0) is 6.42 Å². The summed E-state index contributed by atoms with van der Waals surface area (Å²) in [5.41, 5.74) is 0. The van der Waals surface area contributed by atoms with E-state index in [1.165, 1.54) is 0 Å².